The van der Waals surface area contributed by atoms with E-state index in [9.17, 15) is 4.79 Å². The summed E-state index contributed by atoms with van der Waals surface area (Å²) in [5.41, 5.74) is 8.40. The minimum Gasteiger partial charge on any atom is -0.372 e. The van der Waals surface area contributed by atoms with Crippen LogP contribution in [0.15, 0.2) is 29.6 Å². The van der Waals surface area contributed by atoms with Crippen LogP contribution < -0.4 is 16.0 Å². The number of hydrogen-bond donors (Lipinski definition) is 2. The van der Waals surface area contributed by atoms with Gasteiger partial charge in [0.25, 0.3) is 0 Å². The maximum absolute atomic E-state index is 12.2. The number of rotatable bonds is 6. The van der Waals surface area contributed by atoms with Gasteiger partial charge in [0, 0.05) is 36.3 Å². The number of hydrogen-bond acceptors (Lipinski definition) is 5. The summed E-state index contributed by atoms with van der Waals surface area (Å²) >= 11 is 1.56. The van der Waals surface area contributed by atoms with Crippen molar-refractivity contribution in [3.05, 3.63) is 40.3 Å². The lowest BCUT2D eigenvalue weighted by molar-refractivity contribution is -0.115. The number of amides is 1. The predicted octanol–water partition coefficient (Wildman–Crippen LogP) is 2.82. The Kier molecular flexibility index (Phi) is 5.82. The Labute approximate surface area is 146 Å². The predicted molar refractivity (Wildman–Crippen MR) is 99.7 cm³/mol. The molecule has 3 N–H and O–H groups in total. The first-order chi connectivity index (χ1) is 11.7. The summed E-state index contributed by atoms with van der Waals surface area (Å²) in [7, 11) is 0. The molecule has 5 nitrogen and oxygen atoms in total. The zero-order valence-corrected chi connectivity index (χ0v) is 14.6. The van der Waals surface area contributed by atoms with Gasteiger partial charge in [0.1, 0.15) is 0 Å². The Morgan fingerprint density at radius 2 is 1.96 bits per heavy atom. The highest BCUT2D eigenvalue weighted by molar-refractivity contribution is 7.09. The van der Waals surface area contributed by atoms with Gasteiger partial charge in [-0.3, -0.25) is 4.79 Å². The summed E-state index contributed by atoms with van der Waals surface area (Å²) < 4.78 is 0. The quantitative estimate of drug-likeness (QED) is 0.845. The Morgan fingerprint density at radius 1 is 1.21 bits per heavy atom. The fraction of sp³-hybridized carbons (Fsp3) is 0.444. The Hall–Kier alpha value is -1.92. The number of nitrogens with one attached hydrogen (secondary N) is 1. The smallest absolute Gasteiger partial charge is 0.230 e. The summed E-state index contributed by atoms with van der Waals surface area (Å²) in [6.07, 6.45) is 4.92. The second kappa shape index (κ2) is 8.26. The number of nitrogens with zero attached hydrogens (tertiary/aromatic N) is 2. The van der Waals surface area contributed by atoms with Crippen molar-refractivity contribution in [3.8, 4) is 0 Å². The van der Waals surface area contributed by atoms with Gasteiger partial charge in [-0.25, -0.2) is 4.98 Å². The molecule has 1 aliphatic heterocycles. The normalized spacial score (nSPS) is 14.6. The van der Waals surface area contributed by atoms with Gasteiger partial charge in [0.2, 0.25) is 5.91 Å². The van der Waals surface area contributed by atoms with Gasteiger partial charge in [-0.15, -0.1) is 11.3 Å². The molecule has 0 radical (unpaired) electrons. The third-order valence-corrected chi connectivity index (χ3v) is 5.13. The standard InChI is InChI=1S/C18H24N4OS/c19-9-8-18-21-15(13-24-18)12-17(23)20-14-4-6-16(7-5-14)22-10-2-1-3-11-22/h4-7,13H,1-3,8-12,19H2,(H,20,23). The lowest BCUT2D eigenvalue weighted by Gasteiger charge is -2.28. The van der Waals surface area contributed by atoms with Crippen LogP contribution in [0.25, 0.3) is 0 Å². The van der Waals surface area contributed by atoms with Gasteiger partial charge in [0.05, 0.1) is 17.1 Å². The van der Waals surface area contributed by atoms with Crippen LogP contribution >= 0.6 is 11.3 Å². The van der Waals surface area contributed by atoms with Crippen molar-refractivity contribution in [1.29, 1.82) is 0 Å². The molecule has 1 aromatic carbocycles. The number of benzene rings is 1. The number of piperidine rings is 1. The zero-order valence-electron chi connectivity index (χ0n) is 13.8. The number of carbonyl (C=O) groups excluding carboxylic acids is 1. The lowest BCUT2D eigenvalue weighted by atomic mass is 10.1. The molecular formula is C18H24N4OS. The van der Waals surface area contributed by atoms with Gasteiger partial charge in [0.15, 0.2) is 0 Å². The van der Waals surface area contributed by atoms with Crippen LogP contribution in [0.2, 0.25) is 0 Å². The van der Waals surface area contributed by atoms with Crippen LogP contribution in [0.5, 0.6) is 0 Å². The minimum atomic E-state index is -0.0367. The van der Waals surface area contributed by atoms with E-state index in [4.69, 9.17) is 5.73 Å². The number of aromatic nitrogens is 1. The van der Waals surface area contributed by atoms with Crippen molar-refractivity contribution in [1.82, 2.24) is 4.98 Å². The van der Waals surface area contributed by atoms with Crippen molar-refractivity contribution in [2.45, 2.75) is 32.1 Å². The second-order valence-corrected chi connectivity index (χ2v) is 7.03. The Balaban J connectivity index is 1.53. The Bertz CT molecular complexity index is 662. The summed E-state index contributed by atoms with van der Waals surface area (Å²) in [6.45, 7) is 2.84. The molecule has 24 heavy (non-hydrogen) atoms. The molecule has 1 aliphatic rings. The minimum absolute atomic E-state index is 0.0367. The number of thiazole rings is 1. The number of carbonyl (C=O) groups is 1. The molecule has 6 heteroatoms. The topological polar surface area (TPSA) is 71.2 Å². The summed E-state index contributed by atoms with van der Waals surface area (Å²) in [4.78, 5) is 19.0. The molecule has 0 unspecified atom stereocenters. The maximum Gasteiger partial charge on any atom is 0.230 e. The van der Waals surface area contributed by atoms with Crippen LogP contribution in [0.4, 0.5) is 11.4 Å². The van der Waals surface area contributed by atoms with Crippen LogP contribution in [-0.4, -0.2) is 30.5 Å². The molecule has 0 bridgehead atoms. The molecule has 2 heterocycles. The highest BCUT2D eigenvalue weighted by atomic mass is 32.1. The highest BCUT2D eigenvalue weighted by Gasteiger charge is 2.11. The fourth-order valence-electron chi connectivity index (χ4n) is 2.95. The molecule has 1 amide bonds. The van der Waals surface area contributed by atoms with Crippen molar-refractivity contribution in [2.24, 2.45) is 5.73 Å². The molecule has 1 fully saturated rings. The average molecular weight is 344 g/mol. The molecule has 1 saturated heterocycles. The molecule has 0 atom stereocenters. The van der Waals surface area contributed by atoms with Gasteiger partial charge in [-0.2, -0.15) is 0 Å². The highest BCUT2D eigenvalue weighted by Crippen LogP contribution is 2.22. The molecule has 2 aromatic rings. The van der Waals surface area contributed by atoms with E-state index in [2.05, 4.69) is 27.3 Å². The van der Waals surface area contributed by atoms with Crippen LogP contribution in [0, 0.1) is 0 Å². The molecular weight excluding hydrogens is 320 g/mol. The average Bonchev–Trinajstić information content (AvgIpc) is 3.03. The number of nitrogens with two attached hydrogens (primary N) is 1. The first-order valence-electron chi connectivity index (χ1n) is 8.53. The van der Waals surface area contributed by atoms with Gasteiger partial charge in [-0.1, -0.05) is 0 Å². The maximum atomic E-state index is 12.2. The summed E-state index contributed by atoms with van der Waals surface area (Å²) in [5.74, 6) is -0.0367. The van der Waals surface area contributed by atoms with Crippen LogP contribution in [0.1, 0.15) is 30.0 Å². The lowest BCUT2D eigenvalue weighted by Crippen LogP contribution is -2.29. The van der Waals surface area contributed by atoms with E-state index in [1.165, 1.54) is 24.9 Å². The van der Waals surface area contributed by atoms with E-state index in [1.54, 1.807) is 11.3 Å². The number of anilines is 2. The molecule has 1 aromatic heterocycles. The van der Waals surface area contributed by atoms with Crippen molar-refractivity contribution in [3.63, 3.8) is 0 Å². The van der Waals surface area contributed by atoms with E-state index in [-0.39, 0.29) is 5.91 Å². The first kappa shape index (κ1) is 16.9. The fourth-order valence-corrected chi connectivity index (χ4v) is 3.76. The van der Waals surface area contributed by atoms with Gasteiger partial charge < -0.3 is 16.0 Å². The van der Waals surface area contributed by atoms with Gasteiger partial charge >= 0.3 is 0 Å². The SMILES string of the molecule is NCCc1nc(CC(=O)Nc2ccc(N3CCCCC3)cc2)cs1. The second-order valence-electron chi connectivity index (χ2n) is 6.09. The van der Waals surface area contributed by atoms with E-state index in [0.717, 1.165) is 35.9 Å². The van der Waals surface area contributed by atoms with Crippen molar-refractivity contribution >= 4 is 28.6 Å². The molecule has 128 valence electrons. The van der Waals surface area contributed by atoms with E-state index in [1.807, 2.05) is 17.5 Å². The van der Waals surface area contributed by atoms with E-state index >= 15 is 0 Å². The molecule has 0 spiro atoms. The van der Waals surface area contributed by atoms with Crippen LogP contribution in [-0.2, 0) is 17.6 Å². The third-order valence-electron chi connectivity index (χ3n) is 4.17. The van der Waals surface area contributed by atoms with Crippen molar-refractivity contribution < 1.29 is 4.79 Å². The first-order valence-corrected chi connectivity index (χ1v) is 9.41. The monoisotopic (exact) mass is 344 g/mol. The Morgan fingerprint density at radius 3 is 2.67 bits per heavy atom. The molecule has 3 rings (SSSR count). The largest absolute Gasteiger partial charge is 0.372 e. The van der Waals surface area contributed by atoms with Crippen molar-refractivity contribution in [2.75, 3.05) is 29.9 Å². The summed E-state index contributed by atoms with van der Waals surface area (Å²) in [6, 6.07) is 8.12. The zero-order chi connectivity index (χ0) is 16.8. The third kappa shape index (κ3) is 4.55. The van der Waals surface area contributed by atoms with E-state index in [0.29, 0.717) is 13.0 Å². The molecule has 0 saturated carbocycles. The van der Waals surface area contributed by atoms with Crippen LogP contribution in [0.3, 0.4) is 0 Å². The van der Waals surface area contributed by atoms with E-state index < -0.39 is 0 Å². The molecule has 0 aliphatic carbocycles. The summed E-state index contributed by atoms with van der Waals surface area (Å²) in [5, 5.41) is 5.87. The van der Waals surface area contributed by atoms with Gasteiger partial charge in [-0.05, 0) is 50.1 Å².